The fraction of sp³-hybridized carbons (Fsp3) is 0.571. The van der Waals surface area contributed by atoms with Gasteiger partial charge in [0.1, 0.15) is 5.82 Å². The van der Waals surface area contributed by atoms with E-state index in [-0.39, 0.29) is 11.9 Å². The van der Waals surface area contributed by atoms with E-state index in [0.717, 1.165) is 26.1 Å². The second kappa shape index (κ2) is 6.02. The Bertz CT molecular complexity index is 449. The summed E-state index contributed by atoms with van der Waals surface area (Å²) in [5.41, 5.74) is 0.654. The third-order valence-electron chi connectivity index (χ3n) is 3.58. The summed E-state index contributed by atoms with van der Waals surface area (Å²) in [5.74, 6) is 0.720. The van der Waals surface area contributed by atoms with Gasteiger partial charge in [0.25, 0.3) is 5.91 Å². The summed E-state index contributed by atoms with van der Waals surface area (Å²) in [6, 6.07) is 3.87. The number of nitrogens with one attached hydrogen (secondary N) is 1. The molecule has 1 aliphatic rings. The van der Waals surface area contributed by atoms with Crippen LogP contribution in [0.25, 0.3) is 0 Å². The van der Waals surface area contributed by atoms with Crippen molar-refractivity contribution in [2.75, 3.05) is 39.0 Å². The fourth-order valence-electron chi connectivity index (χ4n) is 2.61. The highest BCUT2D eigenvalue weighted by Gasteiger charge is 2.26. The number of nitrogens with zero attached hydrogens (tertiary/aromatic N) is 3. The summed E-state index contributed by atoms with van der Waals surface area (Å²) in [7, 11) is 3.90. The molecule has 1 saturated heterocycles. The van der Waals surface area contributed by atoms with E-state index in [1.807, 2.05) is 17.0 Å². The molecule has 19 heavy (non-hydrogen) atoms. The number of anilines is 1. The van der Waals surface area contributed by atoms with Crippen LogP contribution < -0.4 is 5.32 Å². The van der Waals surface area contributed by atoms with Gasteiger partial charge in [-0.15, -0.1) is 0 Å². The Balaban J connectivity index is 2.22. The summed E-state index contributed by atoms with van der Waals surface area (Å²) in [5, 5.41) is 2.99. The van der Waals surface area contributed by atoms with Gasteiger partial charge in [-0.25, -0.2) is 4.98 Å². The third-order valence-corrected chi connectivity index (χ3v) is 3.58. The van der Waals surface area contributed by atoms with Gasteiger partial charge in [-0.3, -0.25) is 4.79 Å². The van der Waals surface area contributed by atoms with Crippen molar-refractivity contribution in [1.29, 1.82) is 0 Å². The van der Waals surface area contributed by atoms with Gasteiger partial charge < -0.3 is 15.1 Å². The van der Waals surface area contributed by atoms with Crippen molar-refractivity contribution in [3.8, 4) is 0 Å². The van der Waals surface area contributed by atoms with Crippen LogP contribution in [0.3, 0.4) is 0 Å². The van der Waals surface area contributed by atoms with E-state index in [1.165, 1.54) is 0 Å². The van der Waals surface area contributed by atoms with Crippen LogP contribution in [0.2, 0.25) is 0 Å². The minimum absolute atomic E-state index is 0.0697. The molecule has 0 saturated carbocycles. The molecule has 1 fully saturated rings. The summed E-state index contributed by atoms with van der Waals surface area (Å²) < 4.78 is 0. The zero-order valence-electron chi connectivity index (χ0n) is 11.9. The van der Waals surface area contributed by atoms with E-state index in [9.17, 15) is 4.79 Å². The summed E-state index contributed by atoms with van der Waals surface area (Å²) in [4.78, 5) is 21.1. The van der Waals surface area contributed by atoms with Crippen molar-refractivity contribution in [3.63, 3.8) is 0 Å². The predicted molar refractivity (Wildman–Crippen MR) is 76.4 cm³/mol. The molecule has 1 aromatic heterocycles. The van der Waals surface area contributed by atoms with Crippen LogP contribution in [0.15, 0.2) is 18.3 Å². The lowest BCUT2D eigenvalue weighted by molar-refractivity contribution is 0.0697. The molecule has 1 unspecified atom stereocenters. The van der Waals surface area contributed by atoms with E-state index >= 15 is 0 Å². The van der Waals surface area contributed by atoms with Crippen molar-refractivity contribution < 1.29 is 4.79 Å². The van der Waals surface area contributed by atoms with E-state index in [4.69, 9.17) is 0 Å². The van der Waals surface area contributed by atoms with E-state index < -0.39 is 0 Å². The Labute approximate surface area is 114 Å². The maximum absolute atomic E-state index is 12.7. The Morgan fingerprint density at radius 3 is 3.00 bits per heavy atom. The van der Waals surface area contributed by atoms with Crippen LogP contribution in [-0.2, 0) is 0 Å². The summed E-state index contributed by atoms with van der Waals surface area (Å²) in [6.07, 6.45) is 2.71. The molecule has 1 N–H and O–H groups in total. The standard InChI is InChI=1S/C14H22N4O/c1-11-10-17(3)8-5-9-18(11)14(19)12-6-4-7-16-13(12)15-2/h4,6-7,11H,5,8-10H2,1-3H3,(H,15,16). The van der Waals surface area contributed by atoms with Gasteiger partial charge in [-0.1, -0.05) is 0 Å². The molecule has 0 radical (unpaired) electrons. The zero-order chi connectivity index (χ0) is 13.8. The molecular formula is C14H22N4O. The lowest BCUT2D eigenvalue weighted by Crippen LogP contribution is -2.42. The lowest BCUT2D eigenvalue weighted by atomic mass is 10.2. The minimum atomic E-state index is 0.0697. The van der Waals surface area contributed by atoms with Gasteiger partial charge in [0.2, 0.25) is 0 Å². The van der Waals surface area contributed by atoms with Crippen LogP contribution in [0, 0.1) is 0 Å². The van der Waals surface area contributed by atoms with Crippen LogP contribution in [0.1, 0.15) is 23.7 Å². The fourth-order valence-corrected chi connectivity index (χ4v) is 2.61. The lowest BCUT2D eigenvalue weighted by Gasteiger charge is -2.28. The second-order valence-electron chi connectivity index (χ2n) is 5.11. The number of likely N-dealkylation sites (N-methyl/N-ethyl adjacent to an activating group) is 1. The van der Waals surface area contributed by atoms with E-state index in [1.54, 1.807) is 13.2 Å². The maximum Gasteiger partial charge on any atom is 0.257 e. The Morgan fingerprint density at radius 1 is 1.47 bits per heavy atom. The number of aromatic nitrogens is 1. The highest BCUT2D eigenvalue weighted by molar-refractivity contribution is 5.98. The number of pyridine rings is 1. The van der Waals surface area contributed by atoms with Crippen molar-refractivity contribution in [2.24, 2.45) is 0 Å². The van der Waals surface area contributed by atoms with Gasteiger partial charge in [0.05, 0.1) is 5.56 Å². The van der Waals surface area contributed by atoms with Gasteiger partial charge in [-0.2, -0.15) is 0 Å². The molecule has 1 amide bonds. The maximum atomic E-state index is 12.7. The second-order valence-corrected chi connectivity index (χ2v) is 5.11. The van der Waals surface area contributed by atoms with Gasteiger partial charge in [-0.05, 0) is 39.1 Å². The highest BCUT2D eigenvalue weighted by atomic mass is 16.2. The van der Waals surface area contributed by atoms with E-state index in [0.29, 0.717) is 11.4 Å². The zero-order valence-corrected chi connectivity index (χ0v) is 11.9. The number of hydrogen-bond donors (Lipinski definition) is 1. The Morgan fingerprint density at radius 2 is 2.26 bits per heavy atom. The molecule has 0 spiro atoms. The van der Waals surface area contributed by atoms with Crippen LogP contribution >= 0.6 is 0 Å². The SMILES string of the molecule is CNc1ncccc1C(=O)N1CCCN(C)CC1C. The highest BCUT2D eigenvalue weighted by Crippen LogP contribution is 2.17. The van der Waals surface area contributed by atoms with Gasteiger partial charge in [0, 0.05) is 32.4 Å². The monoisotopic (exact) mass is 262 g/mol. The molecule has 5 heteroatoms. The molecule has 2 heterocycles. The number of amides is 1. The molecule has 0 aliphatic carbocycles. The van der Waals surface area contributed by atoms with Gasteiger partial charge in [0.15, 0.2) is 0 Å². The number of hydrogen-bond acceptors (Lipinski definition) is 4. The summed E-state index contributed by atoms with van der Waals surface area (Å²) >= 11 is 0. The minimum Gasteiger partial charge on any atom is -0.372 e. The molecule has 0 aromatic carbocycles. The molecule has 5 nitrogen and oxygen atoms in total. The summed E-state index contributed by atoms with van der Waals surface area (Å²) in [6.45, 7) is 4.87. The topological polar surface area (TPSA) is 48.5 Å². The first-order valence-corrected chi connectivity index (χ1v) is 6.75. The van der Waals surface area contributed by atoms with Crippen LogP contribution in [-0.4, -0.2) is 60.5 Å². The van der Waals surface area contributed by atoms with E-state index in [2.05, 4.69) is 29.2 Å². The molecule has 2 rings (SSSR count). The number of rotatable bonds is 2. The first kappa shape index (κ1) is 13.8. The third kappa shape index (κ3) is 3.04. The van der Waals surface area contributed by atoms with Crippen molar-refractivity contribution in [3.05, 3.63) is 23.9 Å². The first-order valence-electron chi connectivity index (χ1n) is 6.75. The normalized spacial score (nSPS) is 21.0. The van der Waals surface area contributed by atoms with Gasteiger partial charge >= 0.3 is 0 Å². The average molecular weight is 262 g/mol. The molecule has 1 aliphatic heterocycles. The van der Waals surface area contributed by atoms with Crippen LogP contribution in [0.5, 0.6) is 0 Å². The molecule has 1 atom stereocenters. The molecule has 104 valence electrons. The Hall–Kier alpha value is -1.62. The van der Waals surface area contributed by atoms with Crippen molar-refractivity contribution >= 4 is 11.7 Å². The largest absolute Gasteiger partial charge is 0.372 e. The average Bonchev–Trinajstić information content (AvgIpc) is 2.58. The first-order chi connectivity index (χ1) is 9.13. The molecule has 0 bridgehead atoms. The van der Waals surface area contributed by atoms with Crippen LogP contribution in [0.4, 0.5) is 5.82 Å². The van der Waals surface area contributed by atoms with Crippen molar-refractivity contribution in [2.45, 2.75) is 19.4 Å². The molecule has 1 aromatic rings. The van der Waals surface area contributed by atoms with Crippen molar-refractivity contribution in [1.82, 2.24) is 14.8 Å². The smallest absolute Gasteiger partial charge is 0.257 e. The quantitative estimate of drug-likeness (QED) is 0.872. The molecular weight excluding hydrogens is 240 g/mol. The number of carbonyl (C=O) groups excluding carboxylic acids is 1. The number of carbonyl (C=O) groups is 1. The predicted octanol–water partition coefficient (Wildman–Crippen LogP) is 1.29. The Kier molecular flexibility index (Phi) is 4.37.